The minimum Gasteiger partial charge on any atom is -0.494 e. The number of rotatable bonds is 5. The number of fused-ring (bicyclic) bond motifs is 1. The number of aryl methyl sites for hydroxylation is 1. The Kier molecular flexibility index (Phi) is 5.05. The number of hydrogen-bond acceptors (Lipinski definition) is 7. The van der Waals surface area contributed by atoms with Gasteiger partial charge < -0.3 is 14.2 Å². The van der Waals surface area contributed by atoms with Gasteiger partial charge in [0.15, 0.2) is 17.4 Å². The number of aromatic nitrogens is 2. The first kappa shape index (κ1) is 20.7. The van der Waals surface area contributed by atoms with Crippen LogP contribution in [0.1, 0.15) is 29.0 Å². The largest absolute Gasteiger partial charge is 0.494 e. The van der Waals surface area contributed by atoms with Crippen molar-refractivity contribution >= 4 is 15.9 Å². The topological polar surface area (TPSA) is 106 Å². The van der Waals surface area contributed by atoms with Crippen LogP contribution in [-0.2, 0) is 15.4 Å². The summed E-state index contributed by atoms with van der Waals surface area (Å²) in [6.07, 6.45) is 0. The van der Waals surface area contributed by atoms with Gasteiger partial charge in [0.1, 0.15) is 0 Å². The first-order chi connectivity index (χ1) is 14.2. The van der Waals surface area contributed by atoms with E-state index in [1.807, 2.05) is 0 Å². The molecule has 9 nitrogen and oxygen atoms in total. The number of amides is 1. The second kappa shape index (κ2) is 7.31. The summed E-state index contributed by atoms with van der Waals surface area (Å²) in [7, 11) is -2.05. The molecular weight excluding hydrogens is 415 g/mol. The van der Waals surface area contributed by atoms with Crippen molar-refractivity contribution in [2.24, 2.45) is 5.92 Å². The number of sulfonamides is 1. The van der Waals surface area contributed by atoms with Crippen LogP contribution in [0.5, 0.6) is 5.75 Å². The molecule has 0 N–H and O–H groups in total. The fourth-order valence-corrected chi connectivity index (χ4v) is 5.55. The smallest absolute Gasteiger partial charge is 0.254 e. The van der Waals surface area contributed by atoms with Crippen LogP contribution in [0.25, 0.3) is 0 Å². The molecule has 30 heavy (non-hydrogen) atoms. The molecule has 162 valence electrons. The third kappa shape index (κ3) is 3.25. The molecule has 0 spiro atoms. The zero-order valence-corrected chi connectivity index (χ0v) is 17.8. The highest BCUT2D eigenvalue weighted by atomic mass is 32.2. The SMILES string of the molecule is CCS(=O)(=O)N1C[C@@H]2CN(C(=O)c3ccc(OC)c(F)c3)C[C@]2(c2nc(C)no2)C1. The Morgan fingerprint density at radius 1 is 1.37 bits per heavy atom. The third-order valence-corrected chi connectivity index (χ3v) is 7.77. The summed E-state index contributed by atoms with van der Waals surface area (Å²) in [6.45, 7) is 4.23. The number of likely N-dealkylation sites (tertiary alicyclic amines) is 1. The zero-order chi connectivity index (χ0) is 21.7. The van der Waals surface area contributed by atoms with Crippen LogP contribution in [0.2, 0.25) is 0 Å². The Morgan fingerprint density at radius 2 is 2.13 bits per heavy atom. The molecule has 0 bridgehead atoms. The summed E-state index contributed by atoms with van der Waals surface area (Å²) >= 11 is 0. The van der Waals surface area contributed by atoms with Gasteiger partial charge in [-0.2, -0.15) is 4.98 Å². The number of halogens is 1. The standard InChI is InChI=1S/C19H23FN4O5S/c1-4-30(26,27)24-9-14-8-23(10-19(14,11-24)18-21-12(2)22-29-18)17(25)13-5-6-16(28-3)15(20)7-13/h5-7,14H,4,8-11H2,1-3H3/t14-,19-/m0/s1. The highest BCUT2D eigenvalue weighted by molar-refractivity contribution is 7.89. The van der Waals surface area contributed by atoms with Crippen LogP contribution in [0.4, 0.5) is 4.39 Å². The van der Waals surface area contributed by atoms with Crippen molar-refractivity contribution in [2.75, 3.05) is 39.0 Å². The lowest BCUT2D eigenvalue weighted by Gasteiger charge is -2.25. The normalized spacial score (nSPS) is 24.3. The first-order valence-electron chi connectivity index (χ1n) is 9.61. The Labute approximate surface area is 173 Å². The second-order valence-corrected chi connectivity index (χ2v) is 9.99. The Bertz CT molecular complexity index is 1090. The van der Waals surface area contributed by atoms with E-state index in [9.17, 15) is 17.6 Å². The van der Waals surface area contributed by atoms with E-state index in [1.54, 1.807) is 18.7 Å². The highest BCUT2D eigenvalue weighted by Gasteiger charge is 2.59. The summed E-state index contributed by atoms with van der Waals surface area (Å²) in [5.74, 6) is -0.343. The van der Waals surface area contributed by atoms with Gasteiger partial charge in [-0.25, -0.2) is 17.1 Å². The number of ether oxygens (including phenoxy) is 1. The van der Waals surface area contributed by atoms with Gasteiger partial charge >= 0.3 is 0 Å². The minimum atomic E-state index is -3.41. The van der Waals surface area contributed by atoms with E-state index < -0.39 is 21.3 Å². The first-order valence-corrected chi connectivity index (χ1v) is 11.2. The van der Waals surface area contributed by atoms with Gasteiger partial charge in [-0.3, -0.25) is 4.79 Å². The molecule has 3 heterocycles. The number of carbonyl (C=O) groups is 1. The van der Waals surface area contributed by atoms with Crippen LogP contribution in [0.15, 0.2) is 22.7 Å². The van der Waals surface area contributed by atoms with Crippen molar-refractivity contribution < 1.29 is 26.9 Å². The molecule has 2 aliphatic rings. The fourth-order valence-electron chi connectivity index (χ4n) is 4.35. The maximum absolute atomic E-state index is 14.1. The second-order valence-electron chi connectivity index (χ2n) is 7.73. The molecule has 1 aromatic heterocycles. The van der Waals surface area contributed by atoms with E-state index in [-0.39, 0.29) is 48.5 Å². The molecule has 1 aromatic carbocycles. The molecule has 2 aromatic rings. The number of methoxy groups -OCH3 is 1. The molecule has 0 radical (unpaired) electrons. The van der Waals surface area contributed by atoms with Gasteiger partial charge in [0.25, 0.3) is 5.91 Å². The highest BCUT2D eigenvalue weighted by Crippen LogP contribution is 2.45. The van der Waals surface area contributed by atoms with E-state index in [0.29, 0.717) is 18.3 Å². The maximum Gasteiger partial charge on any atom is 0.254 e. The summed E-state index contributed by atoms with van der Waals surface area (Å²) in [5, 5.41) is 3.86. The quantitative estimate of drug-likeness (QED) is 0.691. The van der Waals surface area contributed by atoms with Gasteiger partial charge in [0.05, 0.1) is 18.3 Å². The average Bonchev–Trinajstić information content (AvgIpc) is 3.40. The van der Waals surface area contributed by atoms with Gasteiger partial charge in [-0.15, -0.1) is 0 Å². The predicted octanol–water partition coefficient (Wildman–Crippen LogP) is 1.20. The van der Waals surface area contributed by atoms with Crippen LogP contribution >= 0.6 is 0 Å². The number of benzene rings is 1. The molecule has 11 heteroatoms. The van der Waals surface area contributed by atoms with Crippen LogP contribution in [0.3, 0.4) is 0 Å². The molecule has 2 fully saturated rings. The van der Waals surface area contributed by atoms with Crippen LogP contribution in [0, 0.1) is 18.7 Å². The van der Waals surface area contributed by atoms with Crippen molar-refractivity contribution in [3.63, 3.8) is 0 Å². The molecular formula is C19H23FN4O5S. The van der Waals surface area contributed by atoms with E-state index >= 15 is 0 Å². The average molecular weight is 438 g/mol. The lowest BCUT2D eigenvalue weighted by molar-refractivity contribution is 0.0772. The van der Waals surface area contributed by atoms with Crippen molar-refractivity contribution in [1.82, 2.24) is 19.3 Å². The van der Waals surface area contributed by atoms with Gasteiger partial charge in [-0.05, 0) is 32.0 Å². The molecule has 2 atom stereocenters. The van der Waals surface area contributed by atoms with Gasteiger partial charge in [0, 0.05) is 37.7 Å². The van der Waals surface area contributed by atoms with Crippen molar-refractivity contribution in [1.29, 1.82) is 0 Å². The maximum atomic E-state index is 14.1. The molecule has 1 amide bonds. The Morgan fingerprint density at radius 3 is 2.73 bits per heavy atom. The van der Waals surface area contributed by atoms with Crippen LogP contribution < -0.4 is 4.74 Å². The van der Waals surface area contributed by atoms with E-state index in [4.69, 9.17) is 9.26 Å². The fraction of sp³-hybridized carbons (Fsp3) is 0.526. The molecule has 0 unspecified atom stereocenters. The predicted molar refractivity (Wildman–Crippen MR) is 104 cm³/mol. The van der Waals surface area contributed by atoms with Gasteiger partial charge in [0.2, 0.25) is 15.9 Å². The van der Waals surface area contributed by atoms with E-state index in [1.165, 1.54) is 23.5 Å². The molecule has 2 saturated heterocycles. The van der Waals surface area contributed by atoms with Crippen molar-refractivity contribution in [3.05, 3.63) is 41.3 Å². The molecule has 0 saturated carbocycles. The summed E-state index contributed by atoms with van der Waals surface area (Å²) in [6, 6.07) is 4.06. The molecule has 0 aliphatic carbocycles. The van der Waals surface area contributed by atoms with Crippen molar-refractivity contribution in [2.45, 2.75) is 19.3 Å². The minimum absolute atomic E-state index is 0.00751. The lowest BCUT2D eigenvalue weighted by Crippen LogP contribution is -2.41. The monoisotopic (exact) mass is 438 g/mol. The van der Waals surface area contributed by atoms with Crippen LogP contribution in [-0.4, -0.2) is 72.7 Å². The summed E-state index contributed by atoms with van der Waals surface area (Å²) < 4.78 is 50.8. The van der Waals surface area contributed by atoms with E-state index in [2.05, 4.69) is 10.1 Å². The number of carbonyl (C=O) groups excluding carboxylic acids is 1. The number of nitrogens with zero attached hydrogens (tertiary/aromatic N) is 4. The van der Waals surface area contributed by atoms with E-state index in [0.717, 1.165) is 6.07 Å². The number of hydrogen-bond donors (Lipinski definition) is 0. The van der Waals surface area contributed by atoms with Gasteiger partial charge in [-0.1, -0.05) is 5.16 Å². The van der Waals surface area contributed by atoms with Crippen molar-refractivity contribution in [3.8, 4) is 5.75 Å². The third-order valence-electron chi connectivity index (χ3n) is 5.98. The summed E-state index contributed by atoms with van der Waals surface area (Å²) in [5.41, 5.74) is -0.590. The Balaban J connectivity index is 1.65. The lowest BCUT2D eigenvalue weighted by atomic mass is 9.81. The molecule has 4 rings (SSSR count). The Hall–Kier alpha value is -2.53. The summed E-state index contributed by atoms with van der Waals surface area (Å²) in [4.78, 5) is 19.0. The molecule has 2 aliphatic heterocycles. The zero-order valence-electron chi connectivity index (χ0n) is 17.0.